The van der Waals surface area contributed by atoms with Crippen LogP contribution in [0, 0.1) is 11.6 Å². The average molecular weight is 194 g/mol. The van der Waals surface area contributed by atoms with Crippen LogP contribution < -0.4 is 0 Å². The summed E-state index contributed by atoms with van der Waals surface area (Å²) in [4.78, 5) is 0. The van der Waals surface area contributed by atoms with Gasteiger partial charge in [-0.05, 0) is 6.07 Å². The van der Waals surface area contributed by atoms with Gasteiger partial charge in [0, 0.05) is 24.4 Å². The van der Waals surface area contributed by atoms with Crippen molar-refractivity contribution in [3.05, 3.63) is 42.2 Å². The predicted octanol–water partition coefficient (Wildman–Crippen LogP) is 2.37. The SMILES string of the molecule is Cn1cc(-c2cccc(F)c2F)cn1. The Balaban J connectivity index is 2.57. The molecule has 0 aliphatic heterocycles. The van der Waals surface area contributed by atoms with Crippen molar-refractivity contribution >= 4 is 0 Å². The molecule has 1 aromatic heterocycles. The molecule has 0 saturated carbocycles. The second-order valence-corrected chi connectivity index (χ2v) is 3.00. The molecule has 0 fully saturated rings. The molecule has 0 unspecified atom stereocenters. The van der Waals surface area contributed by atoms with Crippen LogP contribution in [0.1, 0.15) is 0 Å². The molecule has 0 amide bonds. The van der Waals surface area contributed by atoms with E-state index in [9.17, 15) is 8.78 Å². The number of hydrogen-bond donors (Lipinski definition) is 0. The maximum atomic E-state index is 13.3. The van der Waals surface area contributed by atoms with Crippen LogP contribution >= 0.6 is 0 Å². The highest BCUT2D eigenvalue weighted by Crippen LogP contribution is 2.23. The summed E-state index contributed by atoms with van der Waals surface area (Å²) in [6, 6.07) is 4.09. The molecule has 2 rings (SSSR count). The average Bonchev–Trinajstić information content (AvgIpc) is 2.57. The molecule has 0 bridgehead atoms. The topological polar surface area (TPSA) is 17.8 Å². The van der Waals surface area contributed by atoms with Gasteiger partial charge in [-0.25, -0.2) is 8.78 Å². The molecule has 0 aliphatic rings. The molecule has 0 radical (unpaired) electrons. The Bertz CT molecular complexity index is 463. The number of nitrogens with zero attached hydrogens (tertiary/aromatic N) is 2. The number of aryl methyl sites for hydroxylation is 1. The van der Waals surface area contributed by atoms with Crippen LogP contribution in [0.5, 0.6) is 0 Å². The lowest BCUT2D eigenvalue weighted by atomic mass is 10.1. The second-order valence-electron chi connectivity index (χ2n) is 3.00. The Kier molecular flexibility index (Phi) is 2.04. The minimum atomic E-state index is -0.841. The number of aromatic nitrogens is 2. The van der Waals surface area contributed by atoms with Gasteiger partial charge in [-0.15, -0.1) is 0 Å². The van der Waals surface area contributed by atoms with E-state index in [1.165, 1.54) is 18.3 Å². The minimum absolute atomic E-state index is 0.234. The van der Waals surface area contributed by atoms with Crippen molar-refractivity contribution in [1.29, 1.82) is 0 Å². The molecule has 2 nitrogen and oxygen atoms in total. The summed E-state index contributed by atoms with van der Waals surface area (Å²) < 4.78 is 27.7. The first kappa shape index (κ1) is 8.87. The van der Waals surface area contributed by atoms with E-state index in [4.69, 9.17) is 0 Å². The lowest BCUT2D eigenvalue weighted by Gasteiger charge is -1.99. The van der Waals surface area contributed by atoms with Crippen molar-refractivity contribution in [2.24, 2.45) is 7.05 Å². The quantitative estimate of drug-likeness (QED) is 0.681. The fourth-order valence-electron chi connectivity index (χ4n) is 1.29. The predicted molar refractivity (Wildman–Crippen MR) is 48.6 cm³/mol. The van der Waals surface area contributed by atoms with E-state index in [1.807, 2.05) is 0 Å². The van der Waals surface area contributed by atoms with Gasteiger partial charge in [-0.3, -0.25) is 4.68 Å². The molecule has 14 heavy (non-hydrogen) atoms. The van der Waals surface area contributed by atoms with Crippen LogP contribution in [0.25, 0.3) is 11.1 Å². The van der Waals surface area contributed by atoms with Crippen molar-refractivity contribution in [2.75, 3.05) is 0 Å². The summed E-state index contributed by atoms with van der Waals surface area (Å²) in [5, 5.41) is 3.89. The molecular weight excluding hydrogens is 186 g/mol. The molecule has 0 aliphatic carbocycles. The van der Waals surface area contributed by atoms with Crippen molar-refractivity contribution in [2.45, 2.75) is 0 Å². The zero-order valence-corrected chi connectivity index (χ0v) is 7.54. The Labute approximate surface area is 79.8 Å². The third-order valence-corrected chi connectivity index (χ3v) is 1.97. The Morgan fingerprint density at radius 1 is 1.29 bits per heavy atom. The van der Waals surface area contributed by atoms with Gasteiger partial charge in [-0.1, -0.05) is 12.1 Å². The molecule has 1 heterocycles. The van der Waals surface area contributed by atoms with Gasteiger partial charge < -0.3 is 0 Å². The van der Waals surface area contributed by atoms with E-state index in [0.717, 1.165) is 6.07 Å². The zero-order chi connectivity index (χ0) is 10.1. The zero-order valence-electron chi connectivity index (χ0n) is 7.54. The van der Waals surface area contributed by atoms with Gasteiger partial charge in [0.05, 0.1) is 6.20 Å². The minimum Gasteiger partial charge on any atom is -0.275 e. The van der Waals surface area contributed by atoms with E-state index in [2.05, 4.69) is 5.10 Å². The third-order valence-electron chi connectivity index (χ3n) is 1.97. The maximum absolute atomic E-state index is 13.3. The van der Waals surface area contributed by atoms with Crippen LogP contribution in [0.15, 0.2) is 30.6 Å². The van der Waals surface area contributed by atoms with E-state index < -0.39 is 11.6 Å². The number of hydrogen-bond acceptors (Lipinski definition) is 1. The van der Waals surface area contributed by atoms with Crippen LogP contribution in [0.3, 0.4) is 0 Å². The Morgan fingerprint density at radius 2 is 2.07 bits per heavy atom. The first-order valence-electron chi connectivity index (χ1n) is 4.11. The molecule has 72 valence electrons. The standard InChI is InChI=1S/C10H8F2N2/c1-14-6-7(5-13-14)8-3-2-4-9(11)10(8)12/h2-6H,1H3. The van der Waals surface area contributed by atoms with Gasteiger partial charge in [0.1, 0.15) is 0 Å². The molecule has 0 N–H and O–H groups in total. The van der Waals surface area contributed by atoms with E-state index in [1.54, 1.807) is 17.9 Å². The lowest BCUT2D eigenvalue weighted by Crippen LogP contribution is -1.88. The maximum Gasteiger partial charge on any atom is 0.166 e. The molecule has 0 saturated heterocycles. The van der Waals surface area contributed by atoms with E-state index >= 15 is 0 Å². The largest absolute Gasteiger partial charge is 0.275 e. The third kappa shape index (κ3) is 1.39. The lowest BCUT2D eigenvalue weighted by molar-refractivity contribution is 0.511. The van der Waals surface area contributed by atoms with Gasteiger partial charge in [0.15, 0.2) is 11.6 Å². The fraction of sp³-hybridized carbons (Fsp3) is 0.100. The molecule has 2 aromatic rings. The number of halogens is 2. The van der Waals surface area contributed by atoms with Crippen LogP contribution in [-0.4, -0.2) is 9.78 Å². The molecule has 1 aromatic carbocycles. The van der Waals surface area contributed by atoms with Gasteiger partial charge in [0.25, 0.3) is 0 Å². The summed E-state index contributed by atoms with van der Waals surface area (Å²) in [5.41, 5.74) is 0.808. The molecular formula is C10H8F2N2. The summed E-state index contributed by atoms with van der Waals surface area (Å²) >= 11 is 0. The summed E-state index contributed by atoms with van der Waals surface area (Å²) in [6.45, 7) is 0. The number of benzene rings is 1. The molecule has 4 heteroatoms. The highest BCUT2D eigenvalue weighted by Gasteiger charge is 2.10. The van der Waals surface area contributed by atoms with Crippen LogP contribution in [-0.2, 0) is 7.05 Å². The fourth-order valence-corrected chi connectivity index (χ4v) is 1.29. The first-order valence-corrected chi connectivity index (χ1v) is 4.11. The normalized spacial score (nSPS) is 10.5. The monoisotopic (exact) mass is 194 g/mol. The van der Waals surface area contributed by atoms with E-state index in [-0.39, 0.29) is 5.56 Å². The van der Waals surface area contributed by atoms with Gasteiger partial charge in [0.2, 0.25) is 0 Å². The molecule has 0 spiro atoms. The van der Waals surface area contributed by atoms with Gasteiger partial charge >= 0.3 is 0 Å². The van der Waals surface area contributed by atoms with Crippen molar-refractivity contribution in [3.63, 3.8) is 0 Å². The Hall–Kier alpha value is -1.71. The van der Waals surface area contributed by atoms with Crippen molar-refractivity contribution in [1.82, 2.24) is 9.78 Å². The highest BCUT2D eigenvalue weighted by molar-refractivity contribution is 5.62. The number of rotatable bonds is 1. The van der Waals surface area contributed by atoms with Gasteiger partial charge in [-0.2, -0.15) is 5.10 Å². The highest BCUT2D eigenvalue weighted by atomic mass is 19.2. The van der Waals surface area contributed by atoms with Crippen LogP contribution in [0.4, 0.5) is 8.78 Å². The first-order chi connectivity index (χ1) is 6.68. The second kappa shape index (κ2) is 3.21. The van der Waals surface area contributed by atoms with Crippen molar-refractivity contribution in [3.8, 4) is 11.1 Å². The van der Waals surface area contributed by atoms with E-state index in [0.29, 0.717) is 5.56 Å². The molecule has 0 atom stereocenters. The Morgan fingerprint density at radius 3 is 2.71 bits per heavy atom. The summed E-state index contributed by atoms with van der Waals surface area (Å²) in [7, 11) is 1.72. The summed E-state index contributed by atoms with van der Waals surface area (Å²) in [5.74, 6) is -1.67. The smallest absolute Gasteiger partial charge is 0.166 e. The summed E-state index contributed by atoms with van der Waals surface area (Å²) in [6.07, 6.45) is 3.13. The van der Waals surface area contributed by atoms with Crippen LogP contribution in [0.2, 0.25) is 0 Å². The van der Waals surface area contributed by atoms with Crippen molar-refractivity contribution < 1.29 is 8.78 Å².